The van der Waals surface area contributed by atoms with Crippen molar-refractivity contribution in [2.45, 2.75) is 26.4 Å². The van der Waals surface area contributed by atoms with Crippen LogP contribution >= 0.6 is 0 Å². The fraction of sp³-hybridized carbons (Fsp3) is 0.500. The summed E-state index contributed by atoms with van der Waals surface area (Å²) in [5, 5.41) is 2.56. The molecule has 0 fully saturated rings. The summed E-state index contributed by atoms with van der Waals surface area (Å²) in [6.07, 6.45) is 3.36. The van der Waals surface area contributed by atoms with Gasteiger partial charge in [0.15, 0.2) is 0 Å². The fourth-order valence-corrected chi connectivity index (χ4v) is 1.57. The molecule has 3 N–H and O–H groups in total. The van der Waals surface area contributed by atoms with Gasteiger partial charge >= 0.3 is 0 Å². The van der Waals surface area contributed by atoms with Crippen molar-refractivity contribution in [3.05, 3.63) is 30.1 Å². The van der Waals surface area contributed by atoms with Crippen molar-refractivity contribution in [2.75, 3.05) is 13.6 Å². The second-order valence-corrected chi connectivity index (χ2v) is 5.09. The predicted molar refractivity (Wildman–Crippen MR) is 76.5 cm³/mol. The van der Waals surface area contributed by atoms with Gasteiger partial charge in [0, 0.05) is 26.0 Å². The highest BCUT2D eigenvalue weighted by Crippen LogP contribution is 2.01. The normalized spacial score (nSPS) is 12.1. The average molecular weight is 278 g/mol. The number of carbonyl (C=O) groups excluding carboxylic acids is 2. The highest BCUT2D eigenvalue weighted by atomic mass is 16.2. The molecule has 0 radical (unpaired) electrons. The molecule has 0 saturated carbocycles. The van der Waals surface area contributed by atoms with Gasteiger partial charge in [-0.25, -0.2) is 0 Å². The highest BCUT2D eigenvalue weighted by Gasteiger charge is 2.18. The second kappa shape index (κ2) is 7.59. The number of pyridine rings is 1. The van der Waals surface area contributed by atoms with Gasteiger partial charge in [-0.15, -0.1) is 0 Å². The summed E-state index contributed by atoms with van der Waals surface area (Å²) in [4.78, 5) is 29.0. The maximum Gasteiger partial charge on any atom is 0.242 e. The molecule has 1 atom stereocenters. The first kappa shape index (κ1) is 16.1. The Bertz CT molecular complexity index is 448. The summed E-state index contributed by atoms with van der Waals surface area (Å²) >= 11 is 0. The minimum absolute atomic E-state index is 0.0408. The molecule has 0 aliphatic carbocycles. The summed E-state index contributed by atoms with van der Waals surface area (Å²) in [6.45, 7) is 4.16. The van der Waals surface area contributed by atoms with Crippen molar-refractivity contribution in [3.8, 4) is 0 Å². The zero-order chi connectivity index (χ0) is 15.1. The van der Waals surface area contributed by atoms with E-state index in [4.69, 9.17) is 5.73 Å². The van der Waals surface area contributed by atoms with Crippen LogP contribution in [0.1, 0.15) is 19.4 Å². The minimum Gasteiger partial charge on any atom is -0.346 e. The van der Waals surface area contributed by atoms with Gasteiger partial charge in [-0.2, -0.15) is 0 Å². The number of amides is 2. The lowest BCUT2D eigenvalue weighted by Crippen LogP contribution is -2.47. The molecular formula is C14H22N4O2. The van der Waals surface area contributed by atoms with Crippen LogP contribution in [0, 0.1) is 5.92 Å². The molecule has 1 aromatic heterocycles. The van der Waals surface area contributed by atoms with E-state index in [0.717, 1.165) is 5.56 Å². The Kier molecular flexibility index (Phi) is 6.11. The number of hydrogen-bond donors (Lipinski definition) is 2. The van der Waals surface area contributed by atoms with E-state index in [9.17, 15) is 9.59 Å². The summed E-state index contributed by atoms with van der Waals surface area (Å²) in [6, 6.07) is 3.10. The van der Waals surface area contributed by atoms with Crippen molar-refractivity contribution >= 4 is 11.8 Å². The van der Waals surface area contributed by atoms with E-state index < -0.39 is 6.04 Å². The summed E-state index contributed by atoms with van der Waals surface area (Å²) in [5.74, 6) is -0.420. The van der Waals surface area contributed by atoms with Crippen LogP contribution in [0.3, 0.4) is 0 Å². The third-order valence-corrected chi connectivity index (χ3v) is 3.03. The first-order chi connectivity index (χ1) is 9.41. The van der Waals surface area contributed by atoms with Gasteiger partial charge in [0.05, 0.1) is 12.6 Å². The fourth-order valence-electron chi connectivity index (χ4n) is 1.57. The quantitative estimate of drug-likeness (QED) is 0.774. The van der Waals surface area contributed by atoms with Gasteiger partial charge < -0.3 is 16.0 Å². The van der Waals surface area contributed by atoms with Crippen molar-refractivity contribution in [2.24, 2.45) is 11.7 Å². The molecule has 6 heteroatoms. The predicted octanol–water partition coefficient (Wildman–Crippen LogP) is 0.140. The number of nitrogens with zero attached hydrogens (tertiary/aromatic N) is 2. The lowest BCUT2D eigenvalue weighted by atomic mass is 10.1. The van der Waals surface area contributed by atoms with Crippen LogP contribution in [-0.4, -0.2) is 41.3 Å². The number of hydrogen-bond acceptors (Lipinski definition) is 4. The van der Waals surface area contributed by atoms with Gasteiger partial charge in [0.1, 0.15) is 0 Å². The Morgan fingerprint density at radius 3 is 2.50 bits per heavy atom. The molecule has 0 spiro atoms. The maximum absolute atomic E-state index is 11.9. The van der Waals surface area contributed by atoms with E-state index in [1.807, 2.05) is 26.0 Å². The highest BCUT2D eigenvalue weighted by molar-refractivity contribution is 5.87. The monoisotopic (exact) mass is 278 g/mol. The maximum atomic E-state index is 11.9. The van der Waals surface area contributed by atoms with Crippen LogP contribution in [0.5, 0.6) is 0 Å². The van der Waals surface area contributed by atoms with E-state index in [2.05, 4.69) is 10.3 Å². The number of likely N-dealkylation sites (N-methyl/N-ethyl adjacent to an activating group) is 1. The molecule has 1 heterocycles. The van der Waals surface area contributed by atoms with Gasteiger partial charge in [-0.1, -0.05) is 13.8 Å². The van der Waals surface area contributed by atoms with Gasteiger partial charge in [-0.3, -0.25) is 14.6 Å². The minimum atomic E-state index is -0.590. The third-order valence-electron chi connectivity index (χ3n) is 3.03. The standard InChI is InChI=1S/C14H22N4O2/c1-10(2)13(15)14(20)17-8-12(19)18(3)9-11-4-6-16-7-5-11/h4-7,10,13H,8-9,15H2,1-3H3,(H,17,20)/t13-/m0/s1. The van der Waals surface area contributed by atoms with Gasteiger partial charge in [0.25, 0.3) is 0 Å². The van der Waals surface area contributed by atoms with Gasteiger partial charge in [-0.05, 0) is 23.6 Å². The lowest BCUT2D eigenvalue weighted by Gasteiger charge is -2.19. The smallest absolute Gasteiger partial charge is 0.242 e. The molecule has 0 aromatic carbocycles. The molecule has 0 saturated heterocycles. The second-order valence-electron chi connectivity index (χ2n) is 5.09. The molecule has 2 amide bonds. The van der Waals surface area contributed by atoms with Crippen LogP contribution in [0.15, 0.2) is 24.5 Å². The summed E-state index contributed by atoms with van der Waals surface area (Å²) in [5.41, 5.74) is 6.69. The Hall–Kier alpha value is -1.95. The number of carbonyl (C=O) groups is 2. The van der Waals surface area contributed by atoms with Crippen molar-refractivity contribution in [3.63, 3.8) is 0 Å². The number of aromatic nitrogens is 1. The van der Waals surface area contributed by atoms with E-state index in [0.29, 0.717) is 6.54 Å². The Morgan fingerprint density at radius 2 is 1.95 bits per heavy atom. The SMILES string of the molecule is CC(C)[C@H](N)C(=O)NCC(=O)N(C)Cc1ccncc1. The van der Waals surface area contributed by atoms with Crippen molar-refractivity contribution in [1.82, 2.24) is 15.2 Å². The molecule has 0 aliphatic rings. The first-order valence-electron chi connectivity index (χ1n) is 6.58. The molecule has 110 valence electrons. The number of nitrogens with two attached hydrogens (primary N) is 1. The molecule has 20 heavy (non-hydrogen) atoms. The van der Waals surface area contributed by atoms with E-state index in [1.165, 1.54) is 0 Å². The molecule has 1 aromatic rings. The molecule has 0 bridgehead atoms. The van der Waals surface area contributed by atoms with E-state index >= 15 is 0 Å². The molecule has 0 unspecified atom stereocenters. The van der Waals surface area contributed by atoms with Crippen LogP contribution < -0.4 is 11.1 Å². The van der Waals surface area contributed by atoms with Crippen LogP contribution in [-0.2, 0) is 16.1 Å². The Balaban J connectivity index is 2.41. The largest absolute Gasteiger partial charge is 0.346 e. The average Bonchev–Trinajstić information content (AvgIpc) is 2.44. The zero-order valence-corrected chi connectivity index (χ0v) is 12.2. The molecule has 0 aliphatic heterocycles. The zero-order valence-electron chi connectivity index (χ0n) is 12.2. The van der Waals surface area contributed by atoms with E-state index in [1.54, 1.807) is 24.3 Å². The van der Waals surface area contributed by atoms with Crippen LogP contribution in [0.2, 0.25) is 0 Å². The molecule has 6 nitrogen and oxygen atoms in total. The number of nitrogens with one attached hydrogen (secondary N) is 1. The summed E-state index contributed by atoms with van der Waals surface area (Å²) < 4.78 is 0. The van der Waals surface area contributed by atoms with Crippen LogP contribution in [0.4, 0.5) is 0 Å². The third kappa shape index (κ3) is 4.97. The Morgan fingerprint density at radius 1 is 1.35 bits per heavy atom. The van der Waals surface area contributed by atoms with Crippen molar-refractivity contribution < 1.29 is 9.59 Å². The number of rotatable bonds is 6. The lowest BCUT2D eigenvalue weighted by molar-refractivity contribution is -0.132. The van der Waals surface area contributed by atoms with Crippen LogP contribution in [0.25, 0.3) is 0 Å². The summed E-state index contributed by atoms with van der Waals surface area (Å²) in [7, 11) is 1.69. The Labute approximate surface area is 119 Å². The van der Waals surface area contributed by atoms with E-state index in [-0.39, 0.29) is 24.3 Å². The molecule has 1 rings (SSSR count). The van der Waals surface area contributed by atoms with Crippen molar-refractivity contribution in [1.29, 1.82) is 0 Å². The first-order valence-corrected chi connectivity index (χ1v) is 6.58. The molecular weight excluding hydrogens is 256 g/mol. The topological polar surface area (TPSA) is 88.3 Å². The van der Waals surface area contributed by atoms with Gasteiger partial charge in [0.2, 0.25) is 11.8 Å².